The van der Waals surface area contributed by atoms with Crippen LogP contribution in [0.4, 0.5) is 18.9 Å². The largest absolute Gasteiger partial charge is 0.493 e. The molecule has 1 heterocycles. The number of benzene rings is 2. The van der Waals surface area contributed by atoms with Gasteiger partial charge in [-0.05, 0) is 54.8 Å². The Morgan fingerprint density at radius 1 is 1.17 bits per heavy atom. The molecule has 5 nitrogen and oxygen atoms in total. The van der Waals surface area contributed by atoms with Crippen LogP contribution in [0.3, 0.4) is 0 Å². The zero-order valence-electron chi connectivity index (χ0n) is 16.9. The lowest BCUT2D eigenvalue weighted by Crippen LogP contribution is -2.18. The van der Waals surface area contributed by atoms with Gasteiger partial charge in [-0.15, -0.1) is 0 Å². The lowest BCUT2D eigenvalue weighted by molar-refractivity contribution is -0.136. The number of rotatable bonds is 6. The summed E-state index contributed by atoms with van der Waals surface area (Å²) in [5.41, 5.74) is 1.45. The van der Waals surface area contributed by atoms with E-state index in [1.54, 1.807) is 36.9 Å². The van der Waals surface area contributed by atoms with Crippen molar-refractivity contribution in [2.75, 3.05) is 11.9 Å². The third-order valence-electron chi connectivity index (χ3n) is 4.63. The van der Waals surface area contributed by atoms with Crippen molar-refractivity contribution in [3.05, 3.63) is 76.6 Å². The van der Waals surface area contributed by atoms with Crippen molar-refractivity contribution in [3.8, 4) is 5.75 Å². The Bertz CT molecular complexity index is 1030. The number of amides is 1. The third-order valence-corrected chi connectivity index (χ3v) is 4.63. The fourth-order valence-electron chi connectivity index (χ4n) is 3.28. The van der Waals surface area contributed by atoms with Crippen LogP contribution in [0.5, 0.6) is 5.75 Å². The minimum absolute atomic E-state index is 0.273. The van der Waals surface area contributed by atoms with E-state index in [0.29, 0.717) is 35.5 Å². The van der Waals surface area contributed by atoms with E-state index < -0.39 is 17.6 Å². The van der Waals surface area contributed by atoms with Gasteiger partial charge in [-0.2, -0.15) is 18.3 Å². The summed E-state index contributed by atoms with van der Waals surface area (Å²) in [7, 11) is 1.84. The number of hydrogen-bond acceptors (Lipinski definition) is 3. The molecule has 3 rings (SSSR count). The molecule has 1 aromatic heterocycles. The normalized spacial score (nSPS) is 11.4. The molecule has 0 spiro atoms. The number of carbonyl (C=O) groups is 1. The first kappa shape index (κ1) is 21.4. The predicted octanol–water partition coefficient (Wildman–Crippen LogP) is 4.93. The zero-order valence-corrected chi connectivity index (χ0v) is 16.9. The SMILES string of the molecule is Cc1cc(OCCc2cnn(C)c2)cc(C)c1C(=O)Nc1ccccc1C(F)(F)F. The van der Waals surface area contributed by atoms with E-state index in [2.05, 4.69) is 10.4 Å². The summed E-state index contributed by atoms with van der Waals surface area (Å²) in [6.45, 7) is 3.90. The third kappa shape index (κ3) is 5.00. The van der Waals surface area contributed by atoms with Crippen molar-refractivity contribution in [3.63, 3.8) is 0 Å². The van der Waals surface area contributed by atoms with Crippen molar-refractivity contribution >= 4 is 11.6 Å². The highest BCUT2D eigenvalue weighted by Gasteiger charge is 2.33. The molecule has 0 saturated carbocycles. The second-order valence-electron chi connectivity index (χ2n) is 7.05. The molecular formula is C22H22F3N3O2. The van der Waals surface area contributed by atoms with E-state index in [4.69, 9.17) is 4.74 Å². The minimum atomic E-state index is -4.56. The second kappa shape index (κ2) is 8.61. The summed E-state index contributed by atoms with van der Waals surface area (Å²) in [4.78, 5) is 12.7. The number of nitrogens with zero attached hydrogens (tertiary/aromatic N) is 2. The summed E-state index contributed by atoms with van der Waals surface area (Å²) >= 11 is 0. The first-order valence-electron chi connectivity index (χ1n) is 9.34. The molecule has 158 valence electrons. The number of aryl methyl sites for hydroxylation is 3. The molecule has 3 aromatic rings. The Kier molecular flexibility index (Phi) is 6.14. The Balaban J connectivity index is 1.73. The first-order chi connectivity index (χ1) is 14.1. The van der Waals surface area contributed by atoms with Gasteiger partial charge in [-0.1, -0.05) is 12.1 Å². The van der Waals surface area contributed by atoms with Gasteiger partial charge in [0.15, 0.2) is 0 Å². The smallest absolute Gasteiger partial charge is 0.418 e. The number of alkyl halides is 3. The van der Waals surface area contributed by atoms with E-state index in [9.17, 15) is 18.0 Å². The number of ether oxygens (including phenoxy) is 1. The molecule has 0 unspecified atom stereocenters. The average molecular weight is 417 g/mol. The molecule has 0 aliphatic carbocycles. The molecule has 1 N–H and O–H groups in total. The monoisotopic (exact) mass is 417 g/mol. The standard InChI is InChI=1S/C22H22F3N3O2/c1-14-10-17(30-9-8-16-12-26-28(3)13-16)11-15(2)20(14)21(29)27-19-7-5-4-6-18(19)22(23,24)25/h4-7,10-13H,8-9H2,1-3H3,(H,27,29). The minimum Gasteiger partial charge on any atom is -0.493 e. The Labute approximate surface area is 172 Å². The number of carbonyl (C=O) groups excluding carboxylic acids is 1. The molecular weight excluding hydrogens is 395 g/mol. The molecule has 2 aromatic carbocycles. The topological polar surface area (TPSA) is 56.2 Å². The van der Waals surface area contributed by atoms with E-state index in [-0.39, 0.29) is 5.69 Å². The lowest BCUT2D eigenvalue weighted by atomic mass is 10.0. The number of aromatic nitrogens is 2. The van der Waals surface area contributed by atoms with Crippen LogP contribution < -0.4 is 10.1 Å². The average Bonchev–Trinajstić information content (AvgIpc) is 3.06. The van der Waals surface area contributed by atoms with Crippen LogP contribution in [0, 0.1) is 13.8 Å². The molecule has 0 saturated heterocycles. The first-order valence-corrected chi connectivity index (χ1v) is 9.34. The van der Waals surface area contributed by atoms with Crippen molar-refractivity contribution in [2.24, 2.45) is 7.05 Å². The molecule has 0 aliphatic rings. The number of hydrogen-bond donors (Lipinski definition) is 1. The van der Waals surface area contributed by atoms with Gasteiger partial charge in [0.05, 0.1) is 24.1 Å². The summed E-state index contributed by atoms with van der Waals surface area (Å²) in [6, 6.07) is 8.33. The van der Waals surface area contributed by atoms with Gasteiger partial charge in [0.25, 0.3) is 5.91 Å². The van der Waals surface area contributed by atoms with Gasteiger partial charge < -0.3 is 10.1 Å². The van der Waals surface area contributed by atoms with Gasteiger partial charge in [0.1, 0.15) is 5.75 Å². The number of nitrogens with one attached hydrogen (secondary N) is 1. The maximum Gasteiger partial charge on any atom is 0.418 e. The maximum absolute atomic E-state index is 13.2. The number of para-hydroxylation sites is 1. The fraction of sp³-hybridized carbons (Fsp3) is 0.273. The van der Waals surface area contributed by atoms with E-state index in [1.807, 2.05) is 13.2 Å². The molecule has 30 heavy (non-hydrogen) atoms. The predicted molar refractivity (Wildman–Crippen MR) is 108 cm³/mol. The van der Waals surface area contributed by atoms with Crippen molar-refractivity contribution in [1.82, 2.24) is 9.78 Å². The lowest BCUT2D eigenvalue weighted by Gasteiger charge is -2.16. The van der Waals surface area contributed by atoms with Gasteiger partial charge in [-0.25, -0.2) is 0 Å². The zero-order chi connectivity index (χ0) is 21.9. The summed E-state index contributed by atoms with van der Waals surface area (Å²) < 4.78 is 47.0. The highest BCUT2D eigenvalue weighted by atomic mass is 19.4. The Hall–Kier alpha value is -3.29. The van der Waals surface area contributed by atoms with Crippen molar-refractivity contribution in [1.29, 1.82) is 0 Å². The Morgan fingerprint density at radius 2 is 1.83 bits per heavy atom. The quantitative estimate of drug-likeness (QED) is 0.619. The highest BCUT2D eigenvalue weighted by Crippen LogP contribution is 2.35. The molecule has 0 atom stereocenters. The van der Waals surface area contributed by atoms with Crippen LogP contribution in [0.15, 0.2) is 48.8 Å². The van der Waals surface area contributed by atoms with Gasteiger partial charge >= 0.3 is 6.18 Å². The molecule has 0 bridgehead atoms. The van der Waals surface area contributed by atoms with Crippen LogP contribution in [0.1, 0.15) is 32.6 Å². The summed E-state index contributed by atoms with van der Waals surface area (Å²) in [6.07, 6.45) is -0.194. The molecule has 1 amide bonds. The molecule has 0 radical (unpaired) electrons. The highest BCUT2D eigenvalue weighted by molar-refractivity contribution is 6.06. The van der Waals surface area contributed by atoms with E-state index in [1.165, 1.54) is 18.2 Å². The molecule has 8 heteroatoms. The van der Waals surface area contributed by atoms with Crippen LogP contribution in [0.25, 0.3) is 0 Å². The Morgan fingerprint density at radius 3 is 2.43 bits per heavy atom. The van der Waals surface area contributed by atoms with E-state index in [0.717, 1.165) is 11.6 Å². The summed E-state index contributed by atoms with van der Waals surface area (Å²) in [5, 5.41) is 6.50. The van der Waals surface area contributed by atoms with Crippen molar-refractivity contribution < 1.29 is 22.7 Å². The number of halogens is 3. The van der Waals surface area contributed by atoms with Crippen LogP contribution in [-0.2, 0) is 19.6 Å². The maximum atomic E-state index is 13.2. The van der Waals surface area contributed by atoms with E-state index >= 15 is 0 Å². The van der Waals surface area contributed by atoms with Gasteiger partial charge in [0.2, 0.25) is 0 Å². The molecule has 0 aliphatic heterocycles. The second-order valence-corrected chi connectivity index (χ2v) is 7.05. The van der Waals surface area contributed by atoms with Gasteiger partial charge in [-0.3, -0.25) is 9.48 Å². The van der Waals surface area contributed by atoms with Crippen LogP contribution in [-0.4, -0.2) is 22.3 Å². The van der Waals surface area contributed by atoms with Crippen molar-refractivity contribution in [2.45, 2.75) is 26.4 Å². The molecule has 0 fully saturated rings. The summed E-state index contributed by atoms with van der Waals surface area (Å²) in [5.74, 6) is 0.00439. The fourth-order valence-corrected chi connectivity index (χ4v) is 3.28. The van der Waals surface area contributed by atoms with Crippen LogP contribution in [0.2, 0.25) is 0 Å². The van der Waals surface area contributed by atoms with Gasteiger partial charge in [0, 0.05) is 25.2 Å². The number of anilines is 1. The van der Waals surface area contributed by atoms with Crippen LogP contribution >= 0.6 is 0 Å².